The molecule has 1 aliphatic heterocycles. The summed E-state index contributed by atoms with van der Waals surface area (Å²) in [6.45, 7) is 8.56. The Hall–Kier alpha value is -2.34. The van der Waals surface area contributed by atoms with Gasteiger partial charge in [-0.2, -0.15) is 0 Å². The van der Waals surface area contributed by atoms with E-state index < -0.39 is 5.69 Å². The second-order valence-corrected chi connectivity index (χ2v) is 6.52. The molecular formula is C18H25N4O2+. The molecule has 0 saturated carbocycles. The molecule has 1 aliphatic rings. The third-order valence-corrected chi connectivity index (χ3v) is 4.84. The van der Waals surface area contributed by atoms with Crippen LogP contribution in [-0.4, -0.2) is 22.8 Å². The van der Waals surface area contributed by atoms with E-state index in [-0.39, 0.29) is 5.56 Å². The molecule has 0 fully saturated rings. The van der Waals surface area contributed by atoms with Gasteiger partial charge in [0.2, 0.25) is 0 Å². The molecule has 128 valence electrons. The van der Waals surface area contributed by atoms with E-state index in [1.54, 1.807) is 4.57 Å². The fourth-order valence-electron chi connectivity index (χ4n) is 3.25. The van der Waals surface area contributed by atoms with E-state index in [0.717, 1.165) is 42.9 Å². The Morgan fingerprint density at radius 2 is 2.04 bits per heavy atom. The first-order chi connectivity index (χ1) is 11.5. The molecule has 0 spiro atoms. The van der Waals surface area contributed by atoms with E-state index in [1.807, 2.05) is 32.0 Å². The van der Waals surface area contributed by atoms with Crippen LogP contribution >= 0.6 is 0 Å². The lowest BCUT2D eigenvalue weighted by atomic mass is 10.1. The number of nitrogens with zero attached hydrogens (tertiary/aromatic N) is 1. The number of hydrogen-bond acceptors (Lipinski definition) is 3. The lowest BCUT2D eigenvalue weighted by molar-refractivity contribution is -0.912. The minimum absolute atomic E-state index is 0.280. The van der Waals surface area contributed by atoms with E-state index in [4.69, 9.17) is 0 Å². The third kappa shape index (κ3) is 2.89. The second-order valence-electron chi connectivity index (χ2n) is 6.52. The first-order valence-corrected chi connectivity index (χ1v) is 8.55. The lowest BCUT2D eigenvalue weighted by Gasteiger charge is -2.28. The molecule has 1 aromatic carbocycles. The number of anilines is 1. The predicted molar refractivity (Wildman–Crippen MR) is 95.1 cm³/mol. The highest BCUT2D eigenvalue weighted by Crippen LogP contribution is 2.21. The van der Waals surface area contributed by atoms with Crippen LogP contribution in [0.4, 0.5) is 5.82 Å². The summed E-state index contributed by atoms with van der Waals surface area (Å²) in [5.41, 5.74) is 2.96. The minimum atomic E-state index is -0.392. The Morgan fingerprint density at radius 1 is 1.25 bits per heavy atom. The smallest absolute Gasteiger partial charge is 0.324 e. The van der Waals surface area contributed by atoms with Gasteiger partial charge in [0.1, 0.15) is 17.9 Å². The van der Waals surface area contributed by atoms with Gasteiger partial charge in [-0.3, -0.25) is 9.78 Å². The van der Waals surface area contributed by atoms with Crippen LogP contribution in [0.15, 0.2) is 27.8 Å². The van der Waals surface area contributed by atoms with Crippen molar-refractivity contribution in [2.24, 2.45) is 0 Å². The molecule has 0 saturated heterocycles. The Balaban J connectivity index is 2.12. The first kappa shape index (κ1) is 16.5. The van der Waals surface area contributed by atoms with Crippen LogP contribution < -0.4 is 21.5 Å². The molecule has 0 aliphatic carbocycles. The van der Waals surface area contributed by atoms with Crippen LogP contribution in [0, 0.1) is 13.8 Å². The minimum Gasteiger partial charge on any atom is -0.324 e. The zero-order valence-electron chi connectivity index (χ0n) is 14.5. The van der Waals surface area contributed by atoms with Crippen LogP contribution in [0.25, 0.3) is 5.69 Å². The summed E-state index contributed by atoms with van der Waals surface area (Å²) in [6, 6.07) is 5.87. The van der Waals surface area contributed by atoms with Gasteiger partial charge in [0.05, 0.1) is 12.2 Å². The molecular weight excluding hydrogens is 304 g/mol. The summed E-state index contributed by atoms with van der Waals surface area (Å²) in [4.78, 5) is 28.6. The quantitative estimate of drug-likeness (QED) is 0.774. The van der Waals surface area contributed by atoms with Crippen LogP contribution in [-0.2, 0) is 6.54 Å². The topological polar surface area (TPSA) is 71.3 Å². The number of aromatic nitrogens is 2. The number of fused-ring (bicyclic) bond motifs is 1. The van der Waals surface area contributed by atoms with Crippen molar-refractivity contribution in [2.45, 2.75) is 40.2 Å². The fourth-order valence-corrected chi connectivity index (χ4v) is 3.25. The van der Waals surface area contributed by atoms with Crippen LogP contribution in [0.3, 0.4) is 0 Å². The molecule has 1 aromatic heterocycles. The molecule has 2 aromatic rings. The fraction of sp³-hybridized carbons (Fsp3) is 0.444. The molecule has 24 heavy (non-hydrogen) atoms. The van der Waals surface area contributed by atoms with Crippen molar-refractivity contribution in [1.29, 1.82) is 0 Å². The van der Waals surface area contributed by atoms with Gasteiger partial charge in [-0.15, -0.1) is 0 Å². The summed E-state index contributed by atoms with van der Waals surface area (Å²) in [5.74, 6) is 0.637. The molecule has 0 bridgehead atoms. The molecule has 3 N–H and O–H groups in total. The third-order valence-electron chi connectivity index (χ3n) is 4.84. The van der Waals surface area contributed by atoms with Crippen molar-refractivity contribution in [3.8, 4) is 5.69 Å². The molecule has 3 rings (SSSR count). The van der Waals surface area contributed by atoms with Gasteiger partial charge in [0.15, 0.2) is 6.67 Å². The number of aromatic amines is 1. The number of unbranched alkanes of at least 4 members (excludes halogenated alkanes) is 1. The van der Waals surface area contributed by atoms with Gasteiger partial charge in [0, 0.05) is 0 Å². The van der Waals surface area contributed by atoms with E-state index >= 15 is 0 Å². The SMILES string of the molecule is CCCC[NH+]1CNc2c(c(=O)[nH]c(=O)n2-c2cccc(C)c2C)C1. The van der Waals surface area contributed by atoms with Gasteiger partial charge in [-0.25, -0.2) is 9.36 Å². The van der Waals surface area contributed by atoms with Gasteiger partial charge in [-0.05, 0) is 37.5 Å². The summed E-state index contributed by atoms with van der Waals surface area (Å²) in [6.07, 6.45) is 2.26. The van der Waals surface area contributed by atoms with Crippen molar-refractivity contribution in [1.82, 2.24) is 9.55 Å². The molecule has 6 heteroatoms. The molecule has 0 amide bonds. The lowest BCUT2D eigenvalue weighted by Crippen LogP contribution is -3.12. The summed E-state index contributed by atoms with van der Waals surface area (Å²) in [5, 5.41) is 3.32. The number of benzene rings is 1. The maximum absolute atomic E-state index is 12.5. The largest absolute Gasteiger partial charge is 0.334 e. The molecule has 2 heterocycles. The highest BCUT2D eigenvalue weighted by molar-refractivity contribution is 5.54. The van der Waals surface area contributed by atoms with Gasteiger partial charge in [-0.1, -0.05) is 25.5 Å². The second kappa shape index (κ2) is 6.65. The molecule has 1 atom stereocenters. The zero-order valence-corrected chi connectivity index (χ0v) is 14.5. The van der Waals surface area contributed by atoms with Gasteiger partial charge in [0.25, 0.3) is 5.56 Å². The van der Waals surface area contributed by atoms with Gasteiger partial charge >= 0.3 is 5.69 Å². The number of hydrogen-bond donors (Lipinski definition) is 3. The van der Waals surface area contributed by atoms with E-state index in [9.17, 15) is 9.59 Å². The number of quaternary nitrogens is 1. The average Bonchev–Trinajstić information content (AvgIpc) is 2.57. The predicted octanol–water partition coefficient (Wildman–Crippen LogP) is 0.711. The van der Waals surface area contributed by atoms with Crippen LogP contribution in [0.5, 0.6) is 0 Å². The van der Waals surface area contributed by atoms with Crippen LogP contribution in [0.1, 0.15) is 36.5 Å². The van der Waals surface area contributed by atoms with Gasteiger partial charge < -0.3 is 10.2 Å². The number of rotatable bonds is 4. The summed E-state index contributed by atoms with van der Waals surface area (Å²) < 4.78 is 1.61. The van der Waals surface area contributed by atoms with Crippen molar-refractivity contribution in [2.75, 3.05) is 18.5 Å². The number of nitrogens with one attached hydrogen (secondary N) is 3. The standard InChI is InChI=1S/C18H24N4O2/c1-4-5-9-21-10-14-16(19-11-21)22(18(24)20-17(14)23)15-8-6-7-12(2)13(15)3/h6-8,19H,4-5,9-11H2,1-3H3,(H,20,23,24)/p+1. The Kier molecular flexibility index (Phi) is 4.57. The number of H-pyrrole nitrogens is 1. The normalized spacial score (nSPS) is 16.5. The van der Waals surface area contributed by atoms with Crippen molar-refractivity contribution >= 4 is 5.82 Å². The van der Waals surface area contributed by atoms with E-state index in [2.05, 4.69) is 17.2 Å². The van der Waals surface area contributed by atoms with Crippen molar-refractivity contribution < 1.29 is 4.90 Å². The summed E-state index contributed by atoms with van der Waals surface area (Å²) >= 11 is 0. The molecule has 6 nitrogen and oxygen atoms in total. The molecule has 1 unspecified atom stereocenters. The Bertz CT molecular complexity index is 866. The summed E-state index contributed by atoms with van der Waals surface area (Å²) in [7, 11) is 0. The Morgan fingerprint density at radius 3 is 2.79 bits per heavy atom. The first-order valence-electron chi connectivity index (χ1n) is 8.55. The van der Waals surface area contributed by atoms with Crippen molar-refractivity contribution in [3.63, 3.8) is 0 Å². The highest BCUT2D eigenvalue weighted by atomic mass is 16.2. The Labute approximate surface area is 141 Å². The van der Waals surface area contributed by atoms with Crippen molar-refractivity contribution in [3.05, 3.63) is 55.7 Å². The van der Waals surface area contributed by atoms with E-state index in [0.29, 0.717) is 17.9 Å². The molecule has 0 radical (unpaired) electrons. The highest BCUT2D eigenvalue weighted by Gasteiger charge is 2.26. The van der Waals surface area contributed by atoms with Crippen LogP contribution in [0.2, 0.25) is 0 Å². The monoisotopic (exact) mass is 329 g/mol. The maximum atomic E-state index is 12.5. The number of aryl methyl sites for hydroxylation is 1. The average molecular weight is 329 g/mol. The zero-order chi connectivity index (χ0) is 17.3. The maximum Gasteiger partial charge on any atom is 0.334 e. The van der Waals surface area contributed by atoms with E-state index in [1.165, 1.54) is 4.90 Å².